The van der Waals surface area contributed by atoms with Gasteiger partial charge in [0.25, 0.3) is 0 Å². The van der Waals surface area contributed by atoms with Crippen molar-refractivity contribution in [3.8, 4) is 10.6 Å². The molecule has 0 aliphatic carbocycles. The van der Waals surface area contributed by atoms with Crippen molar-refractivity contribution in [3.05, 3.63) is 41.1 Å². The summed E-state index contributed by atoms with van der Waals surface area (Å²) in [5.74, 6) is 0.580. The summed E-state index contributed by atoms with van der Waals surface area (Å²) in [5, 5.41) is 2.12. The third-order valence-electron chi connectivity index (χ3n) is 3.28. The van der Waals surface area contributed by atoms with Gasteiger partial charge >= 0.3 is 0 Å². The van der Waals surface area contributed by atoms with Crippen LogP contribution in [0, 0.1) is 5.92 Å². The Bertz CT molecular complexity index is 727. The van der Waals surface area contributed by atoms with Crippen LogP contribution in [0.4, 0.5) is 0 Å². The van der Waals surface area contributed by atoms with Crippen LogP contribution in [-0.2, 0) is 13.0 Å². The first-order valence-corrected chi connectivity index (χ1v) is 7.66. The zero-order valence-corrected chi connectivity index (χ0v) is 12.5. The van der Waals surface area contributed by atoms with Crippen LogP contribution in [0.15, 0.2) is 34.9 Å². The minimum Gasteiger partial charge on any atom is -0.464 e. The Labute approximate surface area is 122 Å². The lowest BCUT2D eigenvalue weighted by atomic mass is 10.1. The highest BCUT2D eigenvalue weighted by Gasteiger charge is 2.16. The smallest absolute Gasteiger partial charge is 0.134 e. The molecule has 0 unspecified atom stereocenters. The molecule has 0 amide bonds. The highest BCUT2D eigenvalue weighted by molar-refractivity contribution is 7.15. The molecule has 0 fully saturated rings. The molecule has 2 aromatic heterocycles. The molecule has 0 aliphatic rings. The van der Waals surface area contributed by atoms with E-state index in [1.165, 1.54) is 4.88 Å². The number of thiazole rings is 1. The first-order chi connectivity index (χ1) is 9.69. The van der Waals surface area contributed by atoms with Gasteiger partial charge in [-0.2, -0.15) is 0 Å². The zero-order chi connectivity index (χ0) is 14.1. The van der Waals surface area contributed by atoms with Crippen LogP contribution in [0.5, 0.6) is 0 Å². The monoisotopic (exact) mass is 286 g/mol. The lowest BCUT2D eigenvalue weighted by molar-refractivity contribution is 0.616. The van der Waals surface area contributed by atoms with Crippen LogP contribution >= 0.6 is 11.3 Å². The minimum atomic E-state index is 0.551. The highest BCUT2D eigenvalue weighted by Crippen LogP contribution is 2.35. The summed E-state index contributed by atoms with van der Waals surface area (Å²) in [5.41, 5.74) is 8.95. The van der Waals surface area contributed by atoms with Crippen molar-refractivity contribution in [1.82, 2.24) is 4.98 Å². The first-order valence-electron chi connectivity index (χ1n) is 6.84. The maximum absolute atomic E-state index is 5.85. The number of para-hydroxylation sites is 1. The van der Waals surface area contributed by atoms with Gasteiger partial charge in [-0.05, 0) is 18.4 Å². The topological polar surface area (TPSA) is 52.0 Å². The molecular weight excluding hydrogens is 268 g/mol. The van der Waals surface area contributed by atoms with E-state index in [9.17, 15) is 0 Å². The largest absolute Gasteiger partial charge is 0.464 e. The Morgan fingerprint density at radius 3 is 2.85 bits per heavy atom. The number of furan rings is 1. The van der Waals surface area contributed by atoms with E-state index in [4.69, 9.17) is 15.1 Å². The van der Waals surface area contributed by atoms with Gasteiger partial charge in [-0.25, -0.2) is 4.98 Å². The van der Waals surface area contributed by atoms with Gasteiger partial charge in [0.2, 0.25) is 0 Å². The Balaban J connectivity index is 2.08. The van der Waals surface area contributed by atoms with E-state index in [1.807, 2.05) is 18.2 Å². The van der Waals surface area contributed by atoms with Crippen molar-refractivity contribution in [2.45, 2.75) is 26.8 Å². The van der Waals surface area contributed by atoms with Gasteiger partial charge in [-0.15, -0.1) is 11.3 Å². The second-order valence-electron chi connectivity index (χ2n) is 5.34. The number of nitrogens with two attached hydrogens (primary N) is 1. The average Bonchev–Trinajstić information content (AvgIpc) is 3.01. The van der Waals surface area contributed by atoms with Gasteiger partial charge in [0, 0.05) is 16.8 Å². The number of hydrogen-bond acceptors (Lipinski definition) is 4. The second-order valence-corrected chi connectivity index (χ2v) is 6.42. The van der Waals surface area contributed by atoms with E-state index in [2.05, 4.69) is 19.9 Å². The molecule has 1 aromatic carbocycles. The van der Waals surface area contributed by atoms with Gasteiger partial charge < -0.3 is 10.2 Å². The molecule has 2 N–H and O–H groups in total. The van der Waals surface area contributed by atoms with Crippen LogP contribution in [0.2, 0.25) is 0 Å². The van der Waals surface area contributed by atoms with Crippen LogP contribution < -0.4 is 5.73 Å². The van der Waals surface area contributed by atoms with Crippen LogP contribution in [0.3, 0.4) is 0 Å². The predicted octanol–water partition coefficient (Wildman–Crippen LogP) is 4.21. The highest BCUT2D eigenvalue weighted by atomic mass is 32.1. The number of rotatable bonds is 4. The van der Waals surface area contributed by atoms with Crippen molar-refractivity contribution >= 4 is 22.3 Å². The standard InChI is InChI=1S/C16H18N2OS/c1-10(2)7-13-15(8-17)20-16(18-13)12-9-19-14-6-4-3-5-11(12)14/h3-6,9-10H,7-8,17H2,1-2H3. The number of hydrogen-bond donors (Lipinski definition) is 1. The Morgan fingerprint density at radius 2 is 2.10 bits per heavy atom. The van der Waals surface area contributed by atoms with Gasteiger partial charge in [0.15, 0.2) is 0 Å². The van der Waals surface area contributed by atoms with Crippen molar-refractivity contribution in [2.75, 3.05) is 0 Å². The maximum atomic E-state index is 5.85. The van der Waals surface area contributed by atoms with Crippen LogP contribution in [-0.4, -0.2) is 4.98 Å². The predicted molar refractivity (Wildman–Crippen MR) is 83.8 cm³/mol. The van der Waals surface area contributed by atoms with Crippen LogP contribution in [0.1, 0.15) is 24.4 Å². The molecule has 0 atom stereocenters. The van der Waals surface area contributed by atoms with E-state index in [1.54, 1.807) is 17.6 Å². The molecule has 0 spiro atoms. The molecular formula is C16H18N2OS. The Kier molecular flexibility index (Phi) is 3.59. The lowest BCUT2D eigenvalue weighted by Gasteiger charge is -2.02. The summed E-state index contributed by atoms with van der Waals surface area (Å²) in [4.78, 5) is 5.97. The number of nitrogens with zero attached hydrogens (tertiary/aromatic N) is 1. The molecule has 3 rings (SSSR count). The third-order valence-corrected chi connectivity index (χ3v) is 4.43. The van der Waals surface area contributed by atoms with Gasteiger partial charge in [-0.3, -0.25) is 0 Å². The maximum Gasteiger partial charge on any atom is 0.134 e. The van der Waals surface area contributed by atoms with Gasteiger partial charge in [-0.1, -0.05) is 32.0 Å². The van der Waals surface area contributed by atoms with E-state index in [0.717, 1.165) is 33.7 Å². The van der Waals surface area contributed by atoms with E-state index in [-0.39, 0.29) is 0 Å². The molecule has 3 nitrogen and oxygen atoms in total. The quantitative estimate of drug-likeness (QED) is 0.781. The molecule has 0 saturated carbocycles. The van der Waals surface area contributed by atoms with Gasteiger partial charge in [0.05, 0.1) is 11.3 Å². The number of fused-ring (bicyclic) bond motifs is 1. The fraction of sp³-hybridized carbons (Fsp3) is 0.312. The summed E-state index contributed by atoms with van der Waals surface area (Å²) in [6.45, 7) is 4.95. The Hall–Kier alpha value is -1.65. The second kappa shape index (κ2) is 5.38. The third kappa shape index (κ3) is 2.37. The van der Waals surface area contributed by atoms with Gasteiger partial charge in [0.1, 0.15) is 16.9 Å². The number of aromatic nitrogens is 1. The molecule has 4 heteroatoms. The summed E-state index contributed by atoms with van der Waals surface area (Å²) in [7, 11) is 0. The fourth-order valence-electron chi connectivity index (χ4n) is 2.35. The summed E-state index contributed by atoms with van der Waals surface area (Å²) >= 11 is 1.68. The first kappa shape index (κ1) is 13.3. The normalized spacial score (nSPS) is 11.6. The SMILES string of the molecule is CC(C)Cc1nc(-c2coc3ccccc23)sc1CN. The molecule has 0 bridgehead atoms. The van der Waals surface area contributed by atoms with E-state index in [0.29, 0.717) is 12.5 Å². The summed E-state index contributed by atoms with van der Waals surface area (Å²) in [6.07, 6.45) is 2.77. The molecule has 104 valence electrons. The van der Waals surface area contributed by atoms with Crippen molar-refractivity contribution in [1.29, 1.82) is 0 Å². The fourth-order valence-corrected chi connectivity index (χ4v) is 3.34. The molecule has 0 radical (unpaired) electrons. The summed E-state index contributed by atoms with van der Waals surface area (Å²) in [6, 6.07) is 8.05. The number of benzene rings is 1. The molecule has 0 saturated heterocycles. The summed E-state index contributed by atoms with van der Waals surface area (Å²) < 4.78 is 5.60. The molecule has 2 heterocycles. The van der Waals surface area contributed by atoms with Crippen LogP contribution in [0.25, 0.3) is 21.5 Å². The molecule has 3 aromatic rings. The van der Waals surface area contributed by atoms with E-state index >= 15 is 0 Å². The van der Waals surface area contributed by atoms with Crippen molar-refractivity contribution in [3.63, 3.8) is 0 Å². The average molecular weight is 286 g/mol. The molecule has 20 heavy (non-hydrogen) atoms. The van der Waals surface area contributed by atoms with Crippen molar-refractivity contribution < 1.29 is 4.42 Å². The van der Waals surface area contributed by atoms with E-state index < -0.39 is 0 Å². The minimum absolute atomic E-state index is 0.551. The van der Waals surface area contributed by atoms with Crippen molar-refractivity contribution in [2.24, 2.45) is 11.7 Å². The Morgan fingerprint density at radius 1 is 1.30 bits per heavy atom. The lowest BCUT2D eigenvalue weighted by Crippen LogP contribution is -2.01. The molecule has 0 aliphatic heterocycles. The zero-order valence-electron chi connectivity index (χ0n) is 11.7.